The Balaban J connectivity index is 1.92. The van der Waals surface area contributed by atoms with Gasteiger partial charge >= 0.3 is 5.69 Å². The summed E-state index contributed by atoms with van der Waals surface area (Å²) in [6, 6.07) is 9.34. The molecular formula is C16H13Cl2N3O4. The molecule has 0 atom stereocenters. The average Bonchev–Trinajstić information content (AvgIpc) is 2.56. The molecule has 0 spiro atoms. The minimum atomic E-state index is -0.567. The number of nitrogens with one attached hydrogen (secondary N) is 1. The number of nitrogens with zero attached hydrogens (tertiary/aromatic N) is 2. The molecule has 0 saturated heterocycles. The molecule has 0 radical (unpaired) electrons. The SMILES string of the molecule is Cc1ccc(OCC(=O)N/N=C/c2ccc(Cl)c(Cl)c2)c([N+](=O)[O-])c1. The van der Waals surface area contributed by atoms with E-state index in [0.29, 0.717) is 15.6 Å². The number of nitro groups is 1. The normalized spacial score (nSPS) is 10.7. The van der Waals surface area contributed by atoms with Gasteiger partial charge in [-0.25, -0.2) is 5.43 Å². The van der Waals surface area contributed by atoms with Gasteiger partial charge in [-0.3, -0.25) is 14.9 Å². The standard InChI is InChI=1S/C16H13Cl2N3O4/c1-10-2-5-15(14(6-10)21(23)24)25-9-16(22)20-19-8-11-3-4-12(17)13(18)7-11/h2-8H,9H2,1H3,(H,20,22)/b19-8+. The first-order chi connectivity index (χ1) is 11.9. The van der Waals surface area contributed by atoms with Gasteiger partial charge in [0.1, 0.15) is 0 Å². The molecule has 2 aromatic carbocycles. The van der Waals surface area contributed by atoms with Crippen molar-refractivity contribution in [2.75, 3.05) is 6.61 Å². The third-order valence-electron chi connectivity index (χ3n) is 3.02. The van der Waals surface area contributed by atoms with E-state index in [0.717, 1.165) is 5.56 Å². The van der Waals surface area contributed by atoms with Crippen LogP contribution in [-0.4, -0.2) is 23.7 Å². The molecule has 2 rings (SSSR count). The highest BCUT2D eigenvalue weighted by Crippen LogP contribution is 2.27. The number of ether oxygens (including phenoxy) is 1. The van der Waals surface area contributed by atoms with E-state index in [-0.39, 0.29) is 11.4 Å². The van der Waals surface area contributed by atoms with Crippen molar-refractivity contribution in [1.82, 2.24) is 5.43 Å². The Bertz CT molecular complexity index is 840. The molecule has 0 bridgehead atoms. The highest BCUT2D eigenvalue weighted by Gasteiger charge is 2.16. The largest absolute Gasteiger partial charge is 0.477 e. The fraction of sp³-hybridized carbons (Fsp3) is 0.125. The maximum absolute atomic E-state index is 11.7. The quantitative estimate of drug-likeness (QED) is 0.468. The van der Waals surface area contributed by atoms with Crippen molar-refractivity contribution in [2.45, 2.75) is 6.92 Å². The Morgan fingerprint density at radius 3 is 2.72 bits per heavy atom. The smallest absolute Gasteiger partial charge is 0.311 e. The van der Waals surface area contributed by atoms with Crippen LogP contribution in [0.3, 0.4) is 0 Å². The summed E-state index contributed by atoms with van der Waals surface area (Å²) in [5, 5.41) is 15.5. The number of aryl methyl sites for hydroxylation is 1. The Morgan fingerprint density at radius 1 is 1.28 bits per heavy atom. The van der Waals surface area contributed by atoms with Crippen molar-refractivity contribution in [3.05, 3.63) is 67.7 Å². The molecule has 0 fully saturated rings. The van der Waals surface area contributed by atoms with Crippen LogP contribution in [0.15, 0.2) is 41.5 Å². The van der Waals surface area contributed by atoms with Gasteiger partial charge in [0, 0.05) is 6.07 Å². The minimum Gasteiger partial charge on any atom is -0.477 e. The maximum Gasteiger partial charge on any atom is 0.311 e. The molecule has 1 N–H and O–H groups in total. The number of halogens is 2. The molecule has 7 nitrogen and oxygen atoms in total. The molecule has 0 saturated carbocycles. The van der Waals surface area contributed by atoms with Gasteiger partial charge < -0.3 is 4.74 Å². The van der Waals surface area contributed by atoms with Crippen LogP contribution in [0.25, 0.3) is 0 Å². The van der Waals surface area contributed by atoms with E-state index in [2.05, 4.69) is 10.5 Å². The third-order valence-corrected chi connectivity index (χ3v) is 3.76. The monoisotopic (exact) mass is 381 g/mol. The van der Waals surface area contributed by atoms with Gasteiger partial charge in [-0.05, 0) is 36.2 Å². The second kappa shape index (κ2) is 8.46. The summed E-state index contributed by atoms with van der Waals surface area (Å²) in [6.45, 7) is 1.31. The summed E-state index contributed by atoms with van der Waals surface area (Å²) in [5.41, 5.74) is 3.41. The molecule has 0 aliphatic rings. The van der Waals surface area contributed by atoms with Crippen LogP contribution < -0.4 is 10.2 Å². The lowest BCUT2D eigenvalue weighted by Gasteiger charge is -2.06. The topological polar surface area (TPSA) is 93.8 Å². The number of carbonyl (C=O) groups excluding carboxylic acids is 1. The van der Waals surface area contributed by atoms with E-state index >= 15 is 0 Å². The van der Waals surface area contributed by atoms with Crippen LogP contribution >= 0.6 is 23.2 Å². The molecule has 0 aromatic heterocycles. The molecule has 0 aliphatic heterocycles. The fourth-order valence-electron chi connectivity index (χ4n) is 1.84. The van der Waals surface area contributed by atoms with E-state index in [1.807, 2.05) is 0 Å². The number of nitro benzene ring substituents is 1. The molecule has 130 valence electrons. The van der Waals surface area contributed by atoms with Crippen molar-refractivity contribution in [2.24, 2.45) is 5.10 Å². The Morgan fingerprint density at radius 2 is 2.04 bits per heavy atom. The van der Waals surface area contributed by atoms with Gasteiger partial charge in [0.15, 0.2) is 12.4 Å². The highest BCUT2D eigenvalue weighted by molar-refractivity contribution is 6.42. The molecule has 9 heteroatoms. The number of hydrogen-bond acceptors (Lipinski definition) is 5. The molecule has 0 unspecified atom stereocenters. The van der Waals surface area contributed by atoms with Crippen molar-refractivity contribution in [3.63, 3.8) is 0 Å². The highest BCUT2D eigenvalue weighted by atomic mass is 35.5. The average molecular weight is 382 g/mol. The summed E-state index contributed by atoms with van der Waals surface area (Å²) in [5.74, 6) is -0.551. The van der Waals surface area contributed by atoms with Gasteiger partial charge in [-0.2, -0.15) is 5.10 Å². The van der Waals surface area contributed by atoms with Crippen molar-refractivity contribution >= 4 is 41.0 Å². The zero-order valence-corrected chi connectivity index (χ0v) is 14.5. The van der Waals surface area contributed by atoms with Gasteiger partial charge in [0.2, 0.25) is 0 Å². The number of amides is 1. The lowest BCUT2D eigenvalue weighted by Crippen LogP contribution is -2.24. The molecule has 2 aromatic rings. The first-order valence-corrected chi connectivity index (χ1v) is 7.77. The van der Waals surface area contributed by atoms with Crippen LogP contribution in [0, 0.1) is 17.0 Å². The summed E-state index contributed by atoms with van der Waals surface area (Å²) < 4.78 is 5.19. The number of hydrazone groups is 1. The number of carbonyl (C=O) groups is 1. The van der Waals surface area contributed by atoms with E-state index in [1.165, 1.54) is 18.3 Å². The van der Waals surface area contributed by atoms with Crippen LogP contribution in [-0.2, 0) is 4.79 Å². The fourth-order valence-corrected chi connectivity index (χ4v) is 2.15. The Hall–Kier alpha value is -2.64. The molecular weight excluding hydrogens is 369 g/mol. The lowest BCUT2D eigenvalue weighted by molar-refractivity contribution is -0.385. The second-order valence-corrected chi connectivity index (χ2v) is 5.80. The van der Waals surface area contributed by atoms with Crippen LogP contribution in [0.1, 0.15) is 11.1 Å². The molecule has 25 heavy (non-hydrogen) atoms. The maximum atomic E-state index is 11.7. The molecule has 1 amide bonds. The first kappa shape index (κ1) is 18.7. The number of rotatable bonds is 6. The molecule has 0 aliphatic carbocycles. The predicted molar refractivity (Wildman–Crippen MR) is 95.5 cm³/mol. The minimum absolute atomic E-state index is 0.0132. The van der Waals surface area contributed by atoms with E-state index in [1.54, 1.807) is 31.2 Å². The van der Waals surface area contributed by atoms with Gasteiger partial charge in [0.05, 0.1) is 21.2 Å². The lowest BCUT2D eigenvalue weighted by atomic mass is 10.2. The van der Waals surface area contributed by atoms with Crippen molar-refractivity contribution < 1.29 is 14.5 Å². The predicted octanol–water partition coefficient (Wildman–Crippen LogP) is 3.74. The third kappa shape index (κ3) is 5.44. The van der Waals surface area contributed by atoms with Crippen molar-refractivity contribution in [3.8, 4) is 5.75 Å². The van der Waals surface area contributed by atoms with Gasteiger partial charge in [0.25, 0.3) is 5.91 Å². The summed E-state index contributed by atoms with van der Waals surface area (Å²) in [7, 11) is 0. The van der Waals surface area contributed by atoms with E-state index < -0.39 is 17.4 Å². The zero-order valence-electron chi connectivity index (χ0n) is 13.0. The van der Waals surface area contributed by atoms with Gasteiger partial charge in [-0.1, -0.05) is 35.3 Å². The van der Waals surface area contributed by atoms with E-state index in [9.17, 15) is 14.9 Å². The van der Waals surface area contributed by atoms with Gasteiger partial charge in [-0.15, -0.1) is 0 Å². The Labute approximate surface area is 153 Å². The van der Waals surface area contributed by atoms with Crippen LogP contribution in [0.5, 0.6) is 5.75 Å². The summed E-state index contributed by atoms with van der Waals surface area (Å²) >= 11 is 11.7. The number of benzene rings is 2. The Kier molecular flexibility index (Phi) is 6.32. The van der Waals surface area contributed by atoms with E-state index in [4.69, 9.17) is 27.9 Å². The molecule has 0 heterocycles. The summed E-state index contributed by atoms with van der Waals surface area (Å²) in [4.78, 5) is 22.1. The van der Waals surface area contributed by atoms with Crippen LogP contribution in [0.4, 0.5) is 5.69 Å². The number of hydrogen-bond donors (Lipinski definition) is 1. The van der Waals surface area contributed by atoms with Crippen molar-refractivity contribution in [1.29, 1.82) is 0 Å². The summed E-state index contributed by atoms with van der Waals surface area (Å²) in [6.07, 6.45) is 1.38. The zero-order chi connectivity index (χ0) is 18.4. The van der Waals surface area contributed by atoms with Crippen LogP contribution in [0.2, 0.25) is 10.0 Å². The second-order valence-electron chi connectivity index (χ2n) is 4.98. The first-order valence-electron chi connectivity index (χ1n) is 7.01.